The molecule has 0 aliphatic carbocycles. The third-order valence-electron chi connectivity index (χ3n) is 4.87. The molecule has 26 heavy (non-hydrogen) atoms. The summed E-state index contributed by atoms with van der Waals surface area (Å²) in [5.74, 6) is -0.477. The van der Waals surface area contributed by atoms with Crippen LogP contribution in [0.1, 0.15) is 12.8 Å². The number of hydrogen-bond acceptors (Lipinski definition) is 6. The molecule has 0 radical (unpaired) electrons. The summed E-state index contributed by atoms with van der Waals surface area (Å²) in [4.78, 5) is 15.6. The highest BCUT2D eigenvalue weighted by atomic mass is 19.1. The van der Waals surface area contributed by atoms with Gasteiger partial charge in [0, 0.05) is 51.5 Å². The number of ether oxygens (including phenoxy) is 3. The van der Waals surface area contributed by atoms with Gasteiger partial charge in [-0.3, -0.25) is 9.29 Å². The average molecular weight is 370 g/mol. The van der Waals surface area contributed by atoms with Crippen LogP contribution in [0.3, 0.4) is 0 Å². The van der Waals surface area contributed by atoms with Gasteiger partial charge in [0.25, 0.3) is 0 Å². The second-order valence-corrected chi connectivity index (χ2v) is 6.12. The third-order valence-corrected chi connectivity index (χ3v) is 4.87. The zero-order valence-corrected chi connectivity index (χ0v) is 15.5. The van der Waals surface area contributed by atoms with Crippen molar-refractivity contribution in [1.29, 1.82) is 0 Å². The van der Waals surface area contributed by atoms with Crippen molar-refractivity contribution in [3.8, 4) is 0 Å². The van der Waals surface area contributed by atoms with E-state index in [1.807, 2.05) is 24.3 Å². The number of amides is 1. The van der Waals surface area contributed by atoms with Crippen LogP contribution in [0.4, 0.5) is 20.6 Å². The van der Waals surface area contributed by atoms with E-state index in [0.717, 1.165) is 37.3 Å². The minimum Gasteiger partial charge on any atom is -0.441 e. The van der Waals surface area contributed by atoms with Crippen molar-refractivity contribution in [2.75, 3.05) is 57.4 Å². The van der Waals surface area contributed by atoms with Gasteiger partial charge in [-0.1, -0.05) is 0 Å². The van der Waals surface area contributed by atoms with E-state index < -0.39 is 18.0 Å². The molecule has 2 heterocycles. The van der Waals surface area contributed by atoms with E-state index in [1.165, 1.54) is 0 Å². The molecule has 2 saturated heterocycles. The zero-order chi connectivity index (χ0) is 19.2. The number of anilines is 2. The highest BCUT2D eigenvalue weighted by Gasteiger charge is 2.35. The van der Waals surface area contributed by atoms with Crippen LogP contribution in [-0.2, 0) is 14.2 Å². The SMILES string of the molecule is CF.COC1(OC)CCN(c2ccc(N3CC(CO)OC3=O)cc2)CC1. The number of carbonyl (C=O) groups is 1. The topological polar surface area (TPSA) is 71.5 Å². The Hall–Kier alpha value is -1.90. The Morgan fingerprint density at radius 1 is 1.15 bits per heavy atom. The lowest BCUT2D eigenvalue weighted by atomic mass is 10.0. The summed E-state index contributed by atoms with van der Waals surface area (Å²) >= 11 is 0. The van der Waals surface area contributed by atoms with Gasteiger partial charge in [0.15, 0.2) is 5.79 Å². The summed E-state index contributed by atoms with van der Waals surface area (Å²) in [5, 5.41) is 9.11. The average Bonchev–Trinajstić information content (AvgIpc) is 3.10. The first kappa shape index (κ1) is 20.4. The summed E-state index contributed by atoms with van der Waals surface area (Å²) in [6.45, 7) is 1.91. The summed E-state index contributed by atoms with van der Waals surface area (Å²) < 4.78 is 25.6. The number of hydrogen-bond donors (Lipinski definition) is 1. The van der Waals surface area contributed by atoms with Crippen LogP contribution in [0.2, 0.25) is 0 Å². The second kappa shape index (κ2) is 9.16. The van der Waals surface area contributed by atoms with Gasteiger partial charge < -0.3 is 24.2 Å². The fourth-order valence-corrected chi connectivity index (χ4v) is 3.27. The van der Waals surface area contributed by atoms with E-state index in [1.54, 1.807) is 19.1 Å². The fraction of sp³-hybridized carbons (Fsp3) is 0.611. The van der Waals surface area contributed by atoms with Gasteiger partial charge in [-0.2, -0.15) is 0 Å². The minimum atomic E-state index is -0.477. The molecular weight excluding hydrogens is 343 g/mol. The lowest BCUT2D eigenvalue weighted by Gasteiger charge is -2.40. The number of piperidine rings is 1. The lowest BCUT2D eigenvalue weighted by molar-refractivity contribution is -0.216. The van der Waals surface area contributed by atoms with Crippen LogP contribution in [0, 0.1) is 0 Å². The highest BCUT2D eigenvalue weighted by molar-refractivity contribution is 5.90. The zero-order valence-electron chi connectivity index (χ0n) is 15.5. The second-order valence-electron chi connectivity index (χ2n) is 6.12. The molecule has 0 saturated carbocycles. The number of halogens is 1. The van der Waals surface area contributed by atoms with E-state index in [0.29, 0.717) is 13.7 Å². The molecule has 0 aromatic heterocycles. The number of alkyl halides is 1. The maximum absolute atomic E-state index is 11.8. The Morgan fingerprint density at radius 3 is 2.15 bits per heavy atom. The van der Waals surface area contributed by atoms with Gasteiger partial charge in [0.05, 0.1) is 20.3 Å². The van der Waals surface area contributed by atoms with Crippen molar-refractivity contribution in [3.63, 3.8) is 0 Å². The number of rotatable bonds is 5. The van der Waals surface area contributed by atoms with E-state index in [2.05, 4.69) is 4.90 Å². The molecule has 146 valence electrons. The van der Waals surface area contributed by atoms with Gasteiger partial charge in [0.1, 0.15) is 6.10 Å². The molecule has 7 nitrogen and oxygen atoms in total. The maximum atomic E-state index is 11.8. The summed E-state index contributed by atoms with van der Waals surface area (Å²) in [7, 11) is 3.87. The number of methoxy groups -OCH3 is 2. The van der Waals surface area contributed by atoms with Crippen LogP contribution in [-0.4, -0.2) is 70.7 Å². The molecule has 8 heteroatoms. The predicted octanol–water partition coefficient (Wildman–Crippen LogP) is 2.18. The first-order chi connectivity index (χ1) is 12.6. The number of cyclic esters (lactones) is 1. The lowest BCUT2D eigenvalue weighted by Crippen LogP contribution is -2.46. The molecule has 2 fully saturated rings. The van der Waals surface area contributed by atoms with Crippen molar-refractivity contribution in [2.24, 2.45) is 0 Å². The monoisotopic (exact) mass is 370 g/mol. The van der Waals surface area contributed by atoms with Gasteiger partial charge >= 0.3 is 6.09 Å². The summed E-state index contributed by atoms with van der Waals surface area (Å²) in [6.07, 6.45) is 0.747. The van der Waals surface area contributed by atoms with E-state index in [9.17, 15) is 9.18 Å². The van der Waals surface area contributed by atoms with Crippen LogP contribution >= 0.6 is 0 Å². The molecule has 0 spiro atoms. The van der Waals surface area contributed by atoms with E-state index in [-0.39, 0.29) is 6.61 Å². The molecule has 1 atom stereocenters. The van der Waals surface area contributed by atoms with Crippen LogP contribution in [0.5, 0.6) is 0 Å². The van der Waals surface area contributed by atoms with Crippen molar-refractivity contribution in [2.45, 2.75) is 24.7 Å². The molecule has 1 aromatic carbocycles. The normalized spacial score (nSPS) is 21.9. The van der Waals surface area contributed by atoms with Crippen LogP contribution < -0.4 is 9.80 Å². The summed E-state index contributed by atoms with van der Waals surface area (Å²) in [5.41, 5.74) is 1.88. The Labute approximate surface area is 153 Å². The van der Waals surface area contributed by atoms with Crippen molar-refractivity contribution in [3.05, 3.63) is 24.3 Å². The molecule has 2 aliphatic heterocycles. The first-order valence-corrected chi connectivity index (χ1v) is 8.53. The molecule has 1 N–H and O–H groups in total. The van der Waals surface area contributed by atoms with E-state index >= 15 is 0 Å². The summed E-state index contributed by atoms with van der Waals surface area (Å²) in [6, 6.07) is 7.82. The molecule has 1 unspecified atom stereocenters. The number of nitrogens with zero attached hydrogens (tertiary/aromatic N) is 2. The Bertz CT molecular complexity index is 569. The molecule has 1 amide bonds. The first-order valence-electron chi connectivity index (χ1n) is 8.53. The Morgan fingerprint density at radius 2 is 1.69 bits per heavy atom. The van der Waals surface area contributed by atoms with Crippen molar-refractivity contribution in [1.82, 2.24) is 0 Å². The van der Waals surface area contributed by atoms with Crippen LogP contribution in [0.25, 0.3) is 0 Å². The Kier molecular flexibility index (Phi) is 7.19. The molecule has 1 aromatic rings. The molecule has 0 bridgehead atoms. The molecule has 3 rings (SSSR count). The molecular formula is C18H27FN2O5. The van der Waals surface area contributed by atoms with Gasteiger partial charge in [-0.15, -0.1) is 0 Å². The minimum absolute atomic E-state index is 0.158. The molecule has 2 aliphatic rings. The van der Waals surface area contributed by atoms with Gasteiger partial charge in [-0.25, -0.2) is 4.79 Å². The maximum Gasteiger partial charge on any atom is 0.414 e. The third kappa shape index (κ3) is 4.25. The Balaban J connectivity index is 0.00000117. The number of aliphatic hydroxyl groups excluding tert-OH is 1. The van der Waals surface area contributed by atoms with Crippen molar-refractivity contribution < 1.29 is 28.5 Å². The van der Waals surface area contributed by atoms with Gasteiger partial charge in [0.2, 0.25) is 0 Å². The van der Waals surface area contributed by atoms with Crippen LogP contribution in [0.15, 0.2) is 24.3 Å². The van der Waals surface area contributed by atoms with Crippen molar-refractivity contribution >= 4 is 17.5 Å². The van der Waals surface area contributed by atoms with E-state index in [4.69, 9.17) is 19.3 Å². The highest BCUT2D eigenvalue weighted by Crippen LogP contribution is 2.31. The fourth-order valence-electron chi connectivity index (χ4n) is 3.27. The number of carbonyl (C=O) groups excluding carboxylic acids is 1. The standard InChI is InChI=1S/C17H24N2O5.CH3F/c1-22-17(23-2)7-9-18(10-8-17)13-3-5-14(6-4-13)19-11-15(12-20)24-16(19)21;1-2/h3-6,15,20H,7-12H2,1-2H3;1H3. The van der Waals surface area contributed by atoms with Gasteiger partial charge in [-0.05, 0) is 24.3 Å². The predicted molar refractivity (Wildman–Crippen MR) is 96.4 cm³/mol. The largest absolute Gasteiger partial charge is 0.441 e. The quantitative estimate of drug-likeness (QED) is 0.801. The number of aliphatic hydroxyl groups is 1. The smallest absolute Gasteiger partial charge is 0.414 e. The number of benzene rings is 1.